The summed E-state index contributed by atoms with van der Waals surface area (Å²) in [5, 5.41) is 4.24. The molecule has 3 heterocycles. The van der Waals surface area contributed by atoms with Crippen molar-refractivity contribution in [2.75, 3.05) is 0 Å². The number of carbonyl (C=O) groups is 1. The largest absolute Gasteiger partial charge is 0.350 e. The van der Waals surface area contributed by atoms with Crippen LogP contribution in [0.5, 0.6) is 0 Å². The van der Waals surface area contributed by atoms with E-state index in [0.717, 1.165) is 6.42 Å². The van der Waals surface area contributed by atoms with Crippen molar-refractivity contribution in [3.8, 4) is 0 Å². The van der Waals surface area contributed by atoms with Crippen LogP contribution >= 0.6 is 0 Å². The predicted octanol–water partition coefficient (Wildman–Crippen LogP) is 1.99. The van der Waals surface area contributed by atoms with Crippen LogP contribution in [0, 0.1) is 0 Å². The number of nitrogens with zero attached hydrogens (tertiary/aromatic N) is 4. The lowest BCUT2D eigenvalue weighted by Gasteiger charge is -2.24. The Morgan fingerprint density at radius 2 is 2.00 bits per heavy atom. The van der Waals surface area contributed by atoms with E-state index in [2.05, 4.69) is 24.2 Å². The third-order valence-corrected chi connectivity index (χ3v) is 4.61. The summed E-state index contributed by atoms with van der Waals surface area (Å²) in [5.74, 6) is -0.0800. The first-order valence-electron chi connectivity index (χ1n) is 8.10. The average molecular weight is 322 g/mol. The molecule has 1 aromatic carbocycles. The van der Waals surface area contributed by atoms with Crippen molar-refractivity contribution in [1.29, 1.82) is 0 Å². The van der Waals surface area contributed by atoms with Gasteiger partial charge in [-0.05, 0) is 29.7 Å². The topological polar surface area (TPSA) is 59.6 Å². The van der Waals surface area contributed by atoms with Crippen molar-refractivity contribution in [2.24, 2.45) is 0 Å². The first kappa shape index (κ1) is 14.7. The predicted molar refractivity (Wildman–Crippen MR) is 89.5 cm³/mol. The van der Waals surface area contributed by atoms with Crippen molar-refractivity contribution < 1.29 is 4.79 Å². The first-order chi connectivity index (χ1) is 11.7. The highest BCUT2D eigenvalue weighted by Crippen LogP contribution is 2.35. The van der Waals surface area contributed by atoms with Gasteiger partial charge in [-0.1, -0.05) is 37.3 Å². The first-order valence-corrected chi connectivity index (χ1v) is 8.10. The van der Waals surface area contributed by atoms with Gasteiger partial charge in [-0.15, -0.1) is 5.10 Å². The Kier molecular flexibility index (Phi) is 3.45. The summed E-state index contributed by atoms with van der Waals surface area (Å²) in [6.45, 7) is 2.63. The Balaban J connectivity index is 1.62. The van der Waals surface area contributed by atoms with Gasteiger partial charge in [0.25, 0.3) is 0 Å². The molecule has 1 unspecified atom stereocenters. The van der Waals surface area contributed by atoms with Gasteiger partial charge >= 0.3 is 5.69 Å². The second kappa shape index (κ2) is 5.63. The molecule has 1 aliphatic rings. The van der Waals surface area contributed by atoms with E-state index < -0.39 is 0 Å². The highest BCUT2D eigenvalue weighted by molar-refractivity contribution is 5.77. The molecule has 0 fully saturated rings. The van der Waals surface area contributed by atoms with E-state index in [9.17, 15) is 9.59 Å². The van der Waals surface area contributed by atoms with Gasteiger partial charge < -0.3 is 4.90 Å². The summed E-state index contributed by atoms with van der Waals surface area (Å²) in [7, 11) is 0. The van der Waals surface area contributed by atoms with Crippen LogP contribution in [-0.4, -0.2) is 25.0 Å². The lowest BCUT2D eigenvalue weighted by Crippen LogP contribution is -2.35. The normalized spacial score (nSPS) is 16.5. The zero-order valence-corrected chi connectivity index (χ0v) is 13.4. The number of aromatic nitrogens is 3. The standard InChI is InChI=1S/C18H18N4O2/c1-2-15-14-8-4-3-7-13(14)11-21(15)17(23)12-22-18(24)20-10-6-5-9-16(20)19-22/h3-10,15H,2,11-12H2,1H3. The van der Waals surface area contributed by atoms with Gasteiger partial charge in [0.2, 0.25) is 5.91 Å². The minimum atomic E-state index is -0.288. The van der Waals surface area contributed by atoms with Gasteiger partial charge in [0.05, 0.1) is 6.04 Å². The van der Waals surface area contributed by atoms with E-state index in [1.54, 1.807) is 18.3 Å². The lowest BCUT2D eigenvalue weighted by molar-refractivity contribution is -0.134. The molecular weight excluding hydrogens is 304 g/mol. The summed E-state index contributed by atoms with van der Waals surface area (Å²) in [5.41, 5.74) is 2.64. The molecule has 1 atom stereocenters. The molecule has 1 amide bonds. The smallest absolute Gasteiger partial charge is 0.330 e. The highest BCUT2D eigenvalue weighted by Gasteiger charge is 2.32. The number of hydrogen-bond acceptors (Lipinski definition) is 3. The molecule has 6 nitrogen and oxygen atoms in total. The number of hydrogen-bond donors (Lipinski definition) is 0. The number of benzene rings is 1. The van der Waals surface area contributed by atoms with Crippen LogP contribution in [-0.2, 0) is 17.9 Å². The molecule has 2 aromatic heterocycles. The van der Waals surface area contributed by atoms with Gasteiger partial charge in [0.1, 0.15) is 6.54 Å². The zero-order chi connectivity index (χ0) is 16.7. The lowest BCUT2D eigenvalue weighted by atomic mass is 10.0. The van der Waals surface area contributed by atoms with Crippen LogP contribution in [0.3, 0.4) is 0 Å². The van der Waals surface area contributed by atoms with Gasteiger partial charge in [0.15, 0.2) is 5.65 Å². The van der Waals surface area contributed by atoms with E-state index in [1.165, 1.54) is 20.2 Å². The molecule has 24 heavy (non-hydrogen) atoms. The van der Waals surface area contributed by atoms with E-state index >= 15 is 0 Å². The van der Waals surface area contributed by atoms with E-state index in [-0.39, 0.29) is 24.2 Å². The summed E-state index contributed by atoms with van der Waals surface area (Å²) < 4.78 is 2.69. The second-order valence-corrected chi connectivity index (χ2v) is 6.01. The van der Waals surface area contributed by atoms with Crippen LogP contribution in [0.1, 0.15) is 30.5 Å². The van der Waals surface area contributed by atoms with Gasteiger partial charge in [0, 0.05) is 12.7 Å². The zero-order valence-electron chi connectivity index (χ0n) is 13.4. The molecule has 122 valence electrons. The number of pyridine rings is 1. The van der Waals surface area contributed by atoms with Crippen molar-refractivity contribution in [3.05, 3.63) is 70.3 Å². The van der Waals surface area contributed by atoms with Crippen LogP contribution in [0.4, 0.5) is 0 Å². The molecular formula is C18H18N4O2. The maximum atomic E-state index is 12.8. The van der Waals surface area contributed by atoms with Gasteiger partial charge in [-0.25, -0.2) is 9.48 Å². The third kappa shape index (κ3) is 2.22. The summed E-state index contributed by atoms with van der Waals surface area (Å²) in [4.78, 5) is 27.0. The Morgan fingerprint density at radius 1 is 1.21 bits per heavy atom. The molecule has 6 heteroatoms. The van der Waals surface area contributed by atoms with Crippen LogP contribution in [0.2, 0.25) is 0 Å². The molecule has 0 saturated heterocycles. The number of carbonyl (C=O) groups excluding carboxylic acids is 1. The summed E-state index contributed by atoms with van der Waals surface area (Å²) in [6, 6.07) is 13.5. The van der Waals surface area contributed by atoms with Gasteiger partial charge in [-0.2, -0.15) is 0 Å². The molecule has 0 radical (unpaired) electrons. The van der Waals surface area contributed by atoms with Crippen LogP contribution in [0.25, 0.3) is 5.65 Å². The fraction of sp³-hybridized carbons (Fsp3) is 0.278. The molecule has 4 rings (SSSR count). The maximum Gasteiger partial charge on any atom is 0.350 e. The molecule has 0 bridgehead atoms. The monoisotopic (exact) mass is 322 g/mol. The quantitative estimate of drug-likeness (QED) is 0.741. The molecule has 1 aliphatic heterocycles. The second-order valence-electron chi connectivity index (χ2n) is 6.01. The number of rotatable bonds is 3. The number of fused-ring (bicyclic) bond motifs is 2. The van der Waals surface area contributed by atoms with Crippen LogP contribution in [0.15, 0.2) is 53.5 Å². The van der Waals surface area contributed by atoms with Crippen molar-refractivity contribution in [3.63, 3.8) is 0 Å². The minimum absolute atomic E-state index is 0.0367. The van der Waals surface area contributed by atoms with Crippen molar-refractivity contribution in [2.45, 2.75) is 32.5 Å². The minimum Gasteiger partial charge on any atom is -0.330 e. The van der Waals surface area contributed by atoms with Crippen molar-refractivity contribution >= 4 is 11.6 Å². The Labute approximate surface area is 138 Å². The average Bonchev–Trinajstić information content (AvgIpc) is 3.13. The number of amides is 1. The van der Waals surface area contributed by atoms with Crippen molar-refractivity contribution in [1.82, 2.24) is 19.1 Å². The molecule has 3 aromatic rings. The fourth-order valence-corrected chi connectivity index (χ4v) is 3.46. The maximum absolute atomic E-state index is 12.8. The molecule has 0 saturated carbocycles. The SMILES string of the molecule is CCC1c2ccccc2CN1C(=O)Cn1nc2ccccn2c1=O. The highest BCUT2D eigenvalue weighted by atomic mass is 16.2. The molecule has 0 spiro atoms. The Bertz CT molecular complexity index is 972. The van der Waals surface area contributed by atoms with Gasteiger partial charge in [-0.3, -0.25) is 9.20 Å². The molecule has 0 aliphatic carbocycles. The Morgan fingerprint density at radius 3 is 2.79 bits per heavy atom. The van der Waals surface area contributed by atoms with E-state index in [1.807, 2.05) is 23.1 Å². The molecule has 0 N–H and O–H groups in total. The fourth-order valence-electron chi connectivity index (χ4n) is 3.46. The van der Waals surface area contributed by atoms with E-state index in [0.29, 0.717) is 12.2 Å². The summed E-state index contributed by atoms with van der Waals surface area (Å²) >= 11 is 0. The van der Waals surface area contributed by atoms with E-state index in [4.69, 9.17) is 0 Å². The van der Waals surface area contributed by atoms with Crippen LogP contribution < -0.4 is 5.69 Å². The third-order valence-electron chi connectivity index (χ3n) is 4.61. The Hall–Kier alpha value is -2.89. The summed E-state index contributed by atoms with van der Waals surface area (Å²) in [6.07, 6.45) is 2.51.